The molecule has 0 heterocycles. The zero-order chi connectivity index (χ0) is 12.2. The van der Waals surface area contributed by atoms with Crippen molar-refractivity contribution in [2.45, 2.75) is 46.0 Å². The van der Waals surface area contributed by atoms with Crippen LogP contribution in [0.5, 0.6) is 0 Å². The first kappa shape index (κ1) is 14.8. The molecule has 0 spiro atoms. The lowest BCUT2D eigenvalue weighted by molar-refractivity contribution is 0.133. The lowest BCUT2D eigenvalue weighted by atomic mass is 10.1. The van der Waals surface area contributed by atoms with Gasteiger partial charge in [-0.15, -0.1) is 0 Å². The highest BCUT2D eigenvalue weighted by Crippen LogP contribution is 2.01. The van der Waals surface area contributed by atoms with Crippen molar-refractivity contribution in [1.82, 2.24) is 5.32 Å². The Labute approximate surface area is 98.0 Å². The summed E-state index contributed by atoms with van der Waals surface area (Å²) in [4.78, 5) is 11.1. The third kappa shape index (κ3) is 10.8. The second-order valence-electron chi connectivity index (χ2n) is 4.24. The minimum atomic E-state index is -0.328. The van der Waals surface area contributed by atoms with Crippen molar-refractivity contribution >= 4 is 6.09 Å². The Morgan fingerprint density at radius 1 is 1.31 bits per heavy atom. The predicted octanol–water partition coefficient (Wildman–Crippen LogP) is 2.84. The second-order valence-corrected chi connectivity index (χ2v) is 4.24. The lowest BCUT2D eigenvalue weighted by Gasteiger charge is -2.08. The summed E-state index contributed by atoms with van der Waals surface area (Å²) in [7, 11) is 0. The highest BCUT2D eigenvalue weighted by Gasteiger charge is 2.02. The molecule has 1 N–H and O–H groups in total. The Bertz CT molecular complexity index is 222. The maximum absolute atomic E-state index is 11.1. The molecular formula is C12H22N2O2. The number of ether oxygens (including phenoxy) is 1. The largest absolute Gasteiger partial charge is 0.449 e. The SMILES string of the molecule is CC(C)COC(=O)NCCCCCCC#N. The monoisotopic (exact) mass is 226 g/mol. The Morgan fingerprint density at radius 2 is 2.00 bits per heavy atom. The molecule has 0 saturated carbocycles. The number of amides is 1. The standard InChI is InChI=1S/C12H22N2O2/c1-11(2)10-16-12(15)14-9-7-5-3-4-6-8-13/h11H,3-7,9-10H2,1-2H3,(H,14,15). The summed E-state index contributed by atoms with van der Waals surface area (Å²) >= 11 is 0. The van der Waals surface area contributed by atoms with Gasteiger partial charge < -0.3 is 10.1 Å². The topological polar surface area (TPSA) is 62.1 Å². The normalized spacial score (nSPS) is 9.88. The van der Waals surface area contributed by atoms with Crippen LogP contribution in [0.3, 0.4) is 0 Å². The summed E-state index contributed by atoms with van der Waals surface area (Å²) in [6, 6.07) is 2.11. The number of carbonyl (C=O) groups is 1. The first-order chi connectivity index (χ1) is 7.66. The molecule has 0 aliphatic carbocycles. The van der Waals surface area contributed by atoms with Crippen LogP contribution in [0.1, 0.15) is 46.0 Å². The Balaban J connectivity index is 3.19. The average Bonchev–Trinajstić information content (AvgIpc) is 2.25. The van der Waals surface area contributed by atoms with Crippen LogP contribution >= 0.6 is 0 Å². The van der Waals surface area contributed by atoms with E-state index in [1.165, 1.54) is 0 Å². The minimum Gasteiger partial charge on any atom is -0.449 e. The molecule has 0 aromatic rings. The van der Waals surface area contributed by atoms with Crippen LogP contribution in [-0.4, -0.2) is 19.2 Å². The number of carbonyl (C=O) groups excluding carboxylic acids is 1. The number of nitrogens with one attached hydrogen (secondary N) is 1. The van der Waals surface area contributed by atoms with E-state index < -0.39 is 0 Å². The van der Waals surface area contributed by atoms with Crippen LogP contribution in [0.2, 0.25) is 0 Å². The minimum absolute atomic E-state index is 0.328. The first-order valence-electron chi connectivity index (χ1n) is 5.94. The number of alkyl carbamates (subject to hydrolysis) is 1. The zero-order valence-electron chi connectivity index (χ0n) is 10.3. The van der Waals surface area contributed by atoms with Crippen LogP contribution in [0.15, 0.2) is 0 Å². The fourth-order valence-corrected chi connectivity index (χ4v) is 1.17. The van der Waals surface area contributed by atoms with Gasteiger partial charge in [0.2, 0.25) is 0 Å². The first-order valence-corrected chi connectivity index (χ1v) is 5.94. The summed E-state index contributed by atoms with van der Waals surface area (Å²) < 4.78 is 4.96. The van der Waals surface area contributed by atoms with E-state index in [1.807, 2.05) is 13.8 Å². The lowest BCUT2D eigenvalue weighted by Crippen LogP contribution is -2.26. The Kier molecular flexibility index (Phi) is 9.49. The molecule has 0 aliphatic heterocycles. The van der Waals surface area contributed by atoms with E-state index in [9.17, 15) is 4.79 Å². The molecular weight excluding hydrogens is 204 g/mol. The smallest absolute Gasteiger partial charge is 0.407 e. The molecule has 0 atom stereocenters. The van der Waals surface area contributed by atoms with Crippen molar-refractivity contribution in [2.24, 2.45) is 5.92 Å². The van der Waals surface area contributed by atoms with Crippen molar-refractivity contribution in [1.29, 1.82) is 5.26 Å². The van der Waals surface area contributed by atoms with Gasteiger partial charge in [-0.2, -0.15) is 5.26 Å². The van der Waals surface area contributed by atoms with Gasteiger partial charge in [0.1, 0.15) is 0 Å². The Hall–Kier alpha value is -1.24. The molecule has 4 heteroatoms. The number of nitrogens with zero attached hydrogens (tertiary/aromatic N) is 1. The zero-order valence-corrected chi connectivity index (χ0v) is 10.3. The molecule has 0 aliphatic rings. The van der Waals surface area contributed by atoms with Crippen molar-refractivity contribution < 1.29 is 9.53 Å². The molecule has 16 heavy (non-hydrogen) atoms. The van der Waals surface area contributed by atoms with E-state index in [-0.39, 0.29) is 6.09 Å². The fourth-order valence-electron chi connectivity index (χ4n) is 1.17. The summed E-state index contributed by atoms with van der Waals surface area (Å²) in [5, 5.41) is 11.0. The summed E-state index contributed by atoms with van der Waals surface area (Å²) in [6.07, 6.45) is 4.30. The van der Waals surface area contributed by atoms with Gasteiger partial charge >= 0.3 is 6.09 Å². The van der Waals surface area contributed by atoms with Gasteiger partial charge in [-0.1, -0.05) is 26.7 Å². The molecule has 4 nitrogen and oxygen atoms in total. The molecule has 92 valence electrons. The van der Waals surface area contributed by atoms with Gasteiger partial charge in [0.15, 0.2) is 0 Å². The van der Waals surface area contributed by atoms with E-state index in [0.29, 0.717) is 25.5 Å². The molecule has 0 unspecified atom stereocenters. The predicted molar refractivity (Wildman–Crippen MR) is 62.9 cm³/mol. The highest BCUT2D eigenvalue weighted by atomic mass is 16.5. The van der Waals surface area contributed by atoms with Gasteiger partial charge in [0, 0.05) is 13.0 Å². The number of unbranched alkanes of at least 4 members (excludes halogenated alkanes) is 4. The van der Waals surface area contributed by atoms with Crippen molar-refractivity contribution in [2.75, 3.05) is 13.2 Å². The molecule has 0 radical (unpaired) electrons. The molecule has 0 aromatic carbocycles. The van der Waals surface area contributed by atoms with Gasteiger partial charge in [-0.3, -0.25) is 0 Å². The summed E-state index contributed by atoms with van der Waals surface area (Å²) in [6.45, 7) is 5.13. The van der Waals surface area contributed by atoms with Gasteiger partial charge in [-0.25, -0.2) is 4.79 Å². The summed E-state index contributed by atoms with van der Waals surface area (Å²) in [5.41, 5.74) is 0. The highest BCUT2D eigenvalue weighted by molar-refractivity contribution is 5.66. The number of rotatable bonds is 8. The third-order valence-corrected chi connectivity index (χ3v) is 2.03. The van der Waals surface area contributed by atoms with E-state index in [1.54, 1.807) is 0 Å². The maximum atomic E-state index is 11.1. The van der Waals surface area contributed by atoms with Crippen LogP contribution in [0.4, 0.5) is 4.79 Å². The maximum Gasteiger partial charge on any atom is 0.407 e. The van der Waals surface area contributed by atoms with Gasteiger partial charge in [0.25, 0.3) is 0 Å². The van der Waals surface area contributed by atoms with Crippen LogP contribution in [-0.2, 0) is 4.74 Å². The van der Waals surface area contributed by atoms with Gasteiger partial charge in [0.05, 0.1) is 12.7 Å². The van der Waals surface area contributed by atoms with Gasteiger partial charge in [-0.05, 0) is 18.8 Å². The van der Waals surface area contributed by atoms with Crippen LogP contribution < -0.4 is 5.32 Å². The molecule has 0 bridgehead atoms. The van der Waals surface area contributed by atoms with E-state index in [2.05, 4.69) is 11.4 Å². The van der Waals surface area contributed by atoms with Crippen molar-refractivity contribution in [3.05, 3.63) is 0 Å². The quantitative estimate of drug-likeness (QED) is 0.647. The second kappa shape index (κ2) is 10.3. The molecule has 0 aromatic heterocycles. The van der Waals surface area contributed by atoms with Crippen molar-refractivity contribution in [3.8, 4) is 6.07 Å². The number of hydrogen-bond donors (Lipinski definition) is 1. The van der Waals surface area contributed by atoms with Crippen LogP contribution in [0.25, 0.3) is 0 Å². The molecule has 1 amide bonds. The molecule has 0 rings (SSSR count). The number of nitriles is 1. The van der Waals surface area contributed by atoms with E-state index >= 15 is 0 Å². The molecule has 0 fully saturated rings. The fraction of sp³-hybridized carbons (Fsp3) is 0.833. The Morgan fingerprint density at radius 3 is 2.62 bits per heavy atom. The van der Waals surface area contributed by atoms with Crippen LogP contribution in [0, 0.1) is 17.2 Å². The number of hydrogen-bond acceptors (Lipinski definition) is 3. The summed E-state index contributed by atoms with van der Waals surface area (Å²) in [5.74, 6) is 0.372. The van der Waals surface area contributed by atoms with E-state index in [4.69, 9.17) is 10.00 Å². The van der Waals surface area contributed by atoms with E-state index in [0.717, 1.165) is 25.7 Å². The van der Waals surface area contributed by atoms with Crippen molar-refractivity contribution in [3.63, 3.8) is 0 Å². The average molecular weight is 226 g/mol. The third-order valence-electron chi connectivity index (χ3n) is 2.03. The molecule has 0 saturated heterocycles.